The van der Waals surface area contributed by atoms with Crippen LogP contribution in [0.15, 0.2) is 23.6 Å². The maximum Gasteiger partial charge on any atom is 0.226 e. The molecule has 0 aliphatic heterocycles. The molecule has 19 heavy (non-hydrogen) atoms. The van der Waals surface area contributed by atoms with Crippen LogP contribution < -0.4 is 5.32 Å². The van der Waals surface area contributed by atoms with Gasteiger partial charge in [0.25, 0.3) is 0 Å². The quantitative estimate of drug-likeness (QED) is 0.909. The Kier molecular flexibility index (Phi) is 4.32. The average Bonchev–Trinajstić information content (AvgIpc) is 2.81. The Morgan fingerprint density at radius 2 is 2.16 bits per heavy atom. The first-order valence-corrected chi connectivity index (χ1v) is 7.31. The first-order chi connectivity index (χ1) is 9.10. The van der Waals surface area contributed by atoms with E-state index < -0.39 is 0 Å². The Hall–Kier alpha value is -1.68. The summed E-state index contributed by atoms with van der Waals surface area (Å²) in [6.45, 7) is 6.13. The molecule has 1 amide bonds. The summed E-state index contributed by atoms with van der Waals surface area (Å²) in [5.74, 6) is 0.0318. The van der Waals surface area contributed by atoms with Crippen molar-refractivity contribution in [1.82, 2.24) is 4.98 Å². The van der Waals surface area contributed by atoms with E-state index >= 15 is 0 Å². The van der Waals surface area contributed by atoms with Crippen LogP contribution in [0, 0.1) is 13.8 Å². The second-order valence-electron chi connectivity index (χ2n) is 4.65. The van der Waals surface area contributed by atoms with Crippen LogP contribution in [-0.4, -0.2) is 10.9 Å². The molecule has 0 radical (unpaired) electrons. The summed E-state index contributed by atoms with van der Waals surface area (Å²) >= 11 is 1.47. The van der Waals surface area contributed by atoms with E-state index in [1.165, 1.54) is 22.5 Å². The number of carbonyl (C=O) groups excluding carboxylic acids is 1. The van der Waals surface area contributed by atoms with Gasteiger partial charge in [-0.25, -0.2) is 4.98 Å². The predicted molar refractivity (Wildman–Crippen MR) is 80.6 cm³/mol. The van der Waals surface area contributed by atoms with Gasteiger partial charge in [0, 0.05) is 17.4 Å². The van der Waals surface area contributed by atoms with Crippen LogP contribution in [0.3, 0.4) is 0 Å². The summed E-state index contributed by atoms with van der Waals surface area (Å²) in [5, 5.41) is 5.50. The SMILES string of the molecule is CCCC(=O)Nc1nc(-c2cc(C)ccc2C)cs1. The highest BCUT2D eigenvalue weighted by Crippen LogP contribution is 2.28. The van der Waals surface area contributed by atoms with Crippen LogP contribution >= 0.6 is 11.3 Å². The van der Waals surface area contributed by atoms with Gasteiger partial charge in [0.1, 0.15) is 0 Å². The normalized spacial score (nSPS) is 10.5. The summed E-state index contributed by atoms with van der Waals surface area (Å²) in [5.41, 5.74) is 4.47. The average molecular weight is 274 g/mol. The summed E-state index contributed by atoms with van der Waals surface area (Å²) in [6, 6.07) is 6.32. The fourth-order valence-electron chi connectivity index (χ4n) is 1.88. The van der Waals surface area contributed by atoms with E-state index in [1.807, 2.05) is 12.3 Å². The lowest BCUT2D eigenvalue weighted by Gasteiger charge is -2.04. The van der Waals surface area contributed by atoms with Crippen LogP contribution in [0.1, 0.15) is 30.9 Å². The van der Waals surface area contributed by atoms with Crippen molar-refractivity contribution in [2.45, 2.75) is 33.6 Å². The third kappa shape index (κ3) is 3.41. The monoisotopic (exact) mass is 274 g/mol. The molecule has 0 fully saturated rings. The van der Waals surface area contributed by atoms with Crippen LogP contribution in [0.2, 0.25) is 0 Å². The molecule has 0 aliphatic carbocycles. The van der Waals surface area contributed by atoms with Crippen molar-refractivity contribution in [3.8, 4) is 11.3 Å². The van der Waals surface area contributed by atoms with Gasteiger partial charge in [-0.3, -0.25) is 4.79 Å². The number of benzene rings is 1. The highest BCUT2D eigenvalue weighted by Gasteiger charge is 2.09. The molecule has 0 saturated heterocycles. The van der Waals surface area contributed by atoms with Crippen molar-refractivity contribution in [1.29, 1.82) is 0 Å². The number of rotatable bonds is 4. The Morgan fingerprint density at radius 3 is 2.89 bits per heavy atom. The predicted octanol–water partition coefficient (Wildman–Crippen LogP) is 4.17. The molecule has 0 spiro atoms. The number of aromatic nitrogens is 1. The minimum atomic E-state index is 0.0318. The minimum Gasteiger partial charge on any atom is -0.302 e. The molecule has 0 unspecified atom stereocenters. The standard InChI is InChI=1S/C15H18N2OS/c1-4-5-14(18)17-15-16-13(9-19-15)12-8-10(2)6-7-11(12)3/h6-9H,4-5H2,1-3H3,(H,16,17,18). The second kappa shape index (κ2) is 5.97. The molecule has 2 aromatic rings. The van der Waals surface area contributed by atoms with Gasteiger partial charge in [-0.15, -0.1) is 11.3 Å². The van der Waals surface area contributed by atoms with E-state index in [4.69, 9.17) is 0 Å². The molecule has 0 atom stereocenters. The Bertz CT molecular complexity index is 590. The molecule has 4 heteroatoms. The Morgan fingerprint density at radius 1 is 1.37 bits per heavy atom. The number of anilines is 1. The molecule has 1 N–H and O–H groups in total. The number of thiazole rings is 1. The summed E-state index contributed by atoms with van der Waals surface area (Å²) in [6.07, 6.45) is 1.39. The first kappa shape index (κ1) is 13.7. The lowest BCUT2D eigenvalue weighted by Crippen LogP contribution is -2.10. The van der Waals surface area contributed by atoms with Crippen molar-refractivity contribution >= 4 is 22.4 Å². The van der Waals surface area contributed by atoms with Crippen molar-refractivity contribution in [2.75, 3.05) is 5.32 Å². The summed E-state index contributed by atoms with van der Waals surface area (Å²) in [7, 11) is 0. The van der Waals surface area contributed by atoms with Gasteiger partial charge in [0.15, 0.2) is 5.13 Å². The zero-order chi connectivity index (χ0) is 13.8. The number of hydrogen-bond acceptors (Lipinski definition) is 3. The maximum atomic E-state index is 11.5. The Balaban J connectivity index is 2.21. The van der Waals surface area contributed by atoms with Gasteiger partial charge in [0.05, 0.1) is 5.69 Å². The van der Waals surface area contributed by atoms with Gasteiger partial charge in [-0.05, 0) is 31.9 Å². The lowest BCUT2D eigenvalue weighted by atomic mass is 10.0. The third-order valence-corrected chi connectivity index (χ3v) is 3.65. The molecule has 0 bridgehead atoms. The summed E-state index contributed by atoms with van der Waals surface area (Å²) < 4.78 is 0. The topological polar surface area (TPSA) is 42.0 Å². The molecule has 100 valence electrons. The molecular weight excluding hydrogens is 256 g/mol. The van der Waals surface area contributed by atoms with E-state index in [0.29, 0.717) is 11.6 Å². The van der Waals surface area contributed by atoms with Gasteiger partial charge in [-0.1, -0.05) is 24.6 Å². The fourth-order valence-corrected chi connectivity index (χ4v) is 2.60. The van der Waals surface area contributed by atoms with Crippen molar-refractivity contribution in [2.24, 2.45) is 0 Å². The zero-order valence-electron chi connectivity index (χ0n) is 11.5. The lowest BCUT2D eigenvalue weighted by molar-refractivity contribution is -0.116. The van der Waals surface area contributed by atoms with E-state index in [2.05, 4.69) is 42.3 Å². The van der Waals surface area contributed by atoms with Gasteiger partial charge in [-0.2, -0.15) is 0 Å². The summed E-state index contributed by atoms with van der Waals surface area (Å²) in [4.78, 5) is 16.0. The zero-order valence-corrected chi connectivity index (χ0v) is 12.3. The number of aryl methyl sites for hydroxylation is 2. The maximum absolute atomic E-state index is 11.5. The minimum absolute atomic E-state index is 0.0318. The molecule has 2 rings (SSSR count). The molecule has 0 aliphatic rings. The van der Waals surface area contributed by atoms with Crippen LogP contribution in [0.5, 0.6) is 0 Å². The number of nitrogens with one attached hydrogen (secondary N) is 1. The van der Waals surface area contributed by atoms with Crippen molar-refractivity contribution < 1.29 is 4.79 Å². The molecular formula is C15H18N2OS. The van der Waals surface area contributed by atoms with Crippen molar-refractivity contribution in [3.05, 3.63) is 34.7 Å². The van der Waals surface area contributed by atoms with Gasteiger partial charge < -0.3 is 5.32 Å². The molecule has 1 heterocycles. The molecule has 1 aromatic carbocycles. The first-order valence-electron chi connectivity index (χ1n) is 6.43. The van der Waals surface area contributed by atoms with E-state index in [9.17, 15) is 4.79 Å². The highest BCUT2D eigenvalue weighted by atomic mass is 32.1. The van der Waals surface area contributed by atoms with Crippen LogP contribution in [0.4, 0.5) is 5.13 Å². The van der Waals surface area contributed by atoms with Gasteiger partial charge in [0.2, 0.25) is 5.91 Å². The van der Waals surface area contributed by atoms with E-state index in [0.717, 1.165) is 17.7 Å². The van der Waals surface area contributed by atoms with Crippen molar-refractivity contribution in [3.63, 3.8) is 0 Å². The van der Waals surface area contributed by atoms with Gasteiger partial charge >= 0.3 is 0 Å². The van der Waals surface area contributed by atoms with Crippen LogP contribution in [0.25, 0.3) is 11.3 Å². The Labute approximate surface area is 117 Å². The molecule has 3 nitrogen and oxygen atoms in total. The number of amides is 1. The van der Waals surface area contributed by atoms with E-state index in [-0.39, 0.29) is 5.91 Å². The smallest absolute Gasteiger partial charge is 0.226 e. The number of hydrogen-bond donors (Lipinski definition) is 1. The molecule has 0 saturated carbocycles. The van der Waals surface area contributed by atoms with E-state index in [1.54, 1.807) is 0 Å². The molecule has 1 aromatic heterocycles. The third-order valence-electron chi connectivity index (χ3n) is 2.90. The largest absolute Gasteiger partial charge is 0.302 e. The fraction of sp³-hybridized carbons (Fsp3) is 0.333. The number of nitrogens with zero attached hydrogens (tertiary/aromatic N) is 1. The highest BCUT2D eigenvalue weighted by molar-refractivity contribution is 7.14. The van der Waals surface area contributed by atoms with Crippen LogP contribution in [-0.2, 0) is 4.79 Å². The second-order valence-corrected chi connectivity index (χ2v) is 5.51. The number of carbonyl (C=O) groups is 1.